The van der Waals surface area contributed by atoms with Crippen molar-refractivity contribution in [1.29, 1.82) is 0 Å². The highest BCUT2D eigenvalue weighted by molar-refractivity contribution is 6.00. The van der Waals surface area contributed by atoms with E-state index in [1.807, 2.05) is 24.3 Å². The number of anilines is 1. The van der Waals surface area contributed by atoms with Gasteiger partial charge in [-0.25, -0.2) is 9.82 Å². The molecule has 1 saturated heterocycles. The van der Waals surface area contributed by atoms with Gasteiger partial charge in [-0.1, -0.05) is 31.2 Å². The Morgan fingerprint density at radius 3 is 2.58 bits per heavy atom. The molecule has 1 heterocycles. The minimum Gasteiger partial charge on any atom is -0.312 e. The largest absolute Gasteiger partial charge is 0.312 e. The molecule has 134 valence electrons. The Hall–Kier alpha value is -3.02. The number of halogens is 1. The summed E-state index contributed by atoms with van der Waals surface area (Å²) < 4.78 is 12.8. The van der Waals surface area contributed by atoms with Crippen molar-refractivity contribution in [2.24, 2.45) is 11.0 Å². The summed E-state index contributed by atoms with van der Waals surface area (Å²) in [7, 11) is 0. The standard InChI is InChI=1S/C20H20FN3O2/c1-2-14-5-9-18(10-6-14)24-13-16(11-19(24)25)20(26)23-22-12-15-3-7-17(21)8-4-15/h3-10,12,16H,2,11,13H2,1H3,(H,23,26)/t16-/m1/s1. The minimum atomic E-state index is -0.446. The Morgan fingerprint density at radius 2 is 1.92 bits per heavy atom. The highest BCUT2D eigenvalue weighted by Crippen LogP contribution is 2.25. The molecule has 1 atom stereocenters. The molecule has 1 aliphatic rings. The van der Waals surface area contributed by atoms with Gasteiger partial charge in [-0.05, 0) is 41.8 Å². The van der Waals surface area contributed by atoms with E-state index in [9.17, 15) is 14.0 Å². The van der Waals surface area contributed by atoms with Gasteiger partial charge in [0.1, 0.15) is 5.82 Å². The summed E-state index contributed by atoms with van der Waals surface area (Å²) in [5.74, 6) is -1.15. The van der Waals surface area contributed by atoms with Gasteiger partial charge in [0.2, 0.25) is 11.8 Å². The van der Waals surface area contributed by atoms with Crippen LogP contribution in [-0.2, 0) is 16.0 Å². The topological polar surface area (TPSA) is 61.8 Å². The number of hydrogen-bond donors (Lipinski definition) is 1. The lowest BCUT2D eigenvalue weighted by Crippen LogP contribution is -2.30. The Morgan fingerprint density at radius 1 is 1.23 bits per heavy atom. The number of amides is 2. The van der Waals surface area contributed by atoms with Gasteiger partial charge in [-0.2, -0.15) is 5.10 Å². The Balaban J connectivity index is 1.58. The molecular weight excluding hydrogens is 333 g/mol. The van der Waals surface area contributed by atoms with Crippen LogP contribution in [0.5, 0.6) is 0 Å². The maximum absolute atomic E-state index is 12.8. The first-order valence-electron chi connectivity index (χ1n) is 8.54. The third kappa shape index (κ3) is 4.14. The van der Waals surface area contributed by atoms with Gasteiger partial charge in [0.25, 0.3) is 0 Å². The zero-order chi connectivity index (χ0) is 18.5. The predicted molar refractivity (Wildman–Crippen MR) is 98.4 cm³/mol. The number of nitrogens with zero attached hydrogens (tertiary/aromatic N) is 2. The van der Waals surface area contributed by atoms with Crippen molar-refractivity contribution in [3.05, 3.63) is 65.5 Å². The fourth-order valence-corrected chi connectivity index (χ4v) is 2.85. The van der Waals surface area contributed by atoms with Gasteiger partial charge in [0, 0.05) is 18.7 Å². The predicted octanol–water partition coefficient (Wildman–Crippen LogP) is 2.89. The number of hydrogen-bond acceptors (Lipinski definition) is 3. The molecule has 0 radical (unpaired) electrons. The monoisotopic (exact) mass is 353 g/mol. The molecule has 0 aromatic heterocycles. The van der Waals surface area contributed by atoms with E-state index < -0.39 is 5.92 Å². The van der Waals surface area contributed by atoms with Crippen molar-refractivity contribution in [3.8, 4) is 0 Å². The Kier molecular flexibility index (Phi) is 5.41. The number of nitrogens with one attached hydrogen (secondary N) is 1. The fourth-order valence-electron chi connectivity index (χ4n) is 2.85. The first-order valence-corrected chi connectivity index (χ1v) is 8.54. The lowest BCUT2D eigenvalue weighted by molar-refractivity contribution is -0.126. The second-order valence-corrected chi connectivity index (χ2v) is 6.21. The summed E-state index contributed by atoms with van der Waals surface area (Å²) >= 11 is 0. The summed E-state index contributed by atoms with van der Waals surface area (Å²) in [4.78, 5) is 26.1. The van der Waals surface area contributed by atoms with Crippen molar-refractivity contribution in [2.45, 2.75) is 19.8 Å². The maximum Gasteiger partial charge on any atom is 0.245 e. The van der Waals surface area contributed by atoms with E-state index in [4.69, 9.17) is 0 Å². The highest BCUT2D eigenvalue weighted by Gasteiger charge is 2.35. The molecule has 0 saturated carbocycles. The summed E-state index contributed by atoms with van der Waals surface area (Å²) in [6.45, 7) is 2.41. The smallest absolute Gasteiger partial charge is 0.245 e. The van der Waals surface area contributed by atoms with Gasteiger partial charge in [-0.15, -0.1) is 0 Å². The van der Waals surface area contributed by atoms with Crippen LogP contribution in [0.2, 0.25) is 0 Å². The fraction of sp³-hybridized carbons (Fsp3) is 0.250. The van der Waals surface area contributed by atoms with Crippen LogP contribution >= 0.6 is 0 Å². The lowest BCUT2D eigenvalue weighted by atomic mass is 10.1. The molecule has 1 aliphatic heterocycles. The molecule has 0 spiro atoms. The summed E-state index contributed by atoms with van der Waals surface area (Å²) in [5, 5.41) is 3.88. The van der Waals surface area contributed by atoms with Crippen LogP contribution in [-0.4, -0.2) is 24.6 Å². The molecular formula is C20H20FN3O2. The van der Waals surface area contributed by atoms with E-state index in [1.54, 1.807) is 17.0 Å². The van der Waals surface area contributed by atoms with E-state index in [-0.39, 0.29) is 24.1 Å². The number of carbonyl (C=O) groups excluding carboxylic acids is 2. The van der Waals surface area contributed by atoms with Crippen molar-refractivity contribution in [1.82, 2.24) is 5.43 Å². The lowest BCUT2D eigenvalue weighted by Gasteiger charge is -2.16. The van der Waals surface area contributed by atoms with Gasteiger partial charge in [-0.3, -0.25) is 9.59 Å². The van der Waals surface area contributed by atoms with E-state index >= 15 is 0 Å². The van der Waals surface area contributed by atoms with E-state index in [2.05, 4.69) is 17.5 Å². The summed E-state index contributed by atoms with van der Waals surface area (Å²) in [6, 6.07) is 13.6. The number of benzene rings is 2. The first kappa shape index (κ1) is 17.8. The van der Waals surface area contributed by atoms with E-state index in [1.165, 1.54) is 23.9 Å². The number of rotatable bonds is 5. The third-order valence-electron chi connectivity index (χ3n) is 4.41. The van der Waals surface area contributed by atoms with Crippen LogP contribution in [0.25, 0.3) is 0 Å². The summed E-state index contributed by atoms with van der Waals surface area (Å²) in [6.07, 6.45) is 2.54. The minimum absolute atomic E-state index is 0.0723. The average Bonchev–Trinajstić information content (AvgIpc) is 3.05. The molecule has 0 aliphatic carbocycles. The molecule has 2 amide bonds. The molecule has 0 unspecified atom stereocenters. The maximum atomic E-state index is 12.8. The van der Waals surface area contributed by atoms with Gasteiger partial charge < -0.3 is 4.90 Å². The zero-order valence-corrected chi connectivity index (χ0v) is 14.5. The van der Waals surface area contributed by atoms with Crippen LogP contribution in [0.4, 0.5) is 10.1 Å². The molecule has 0 bridgehead atoms. The molecule has 26 heavy (non-hydrogen) atoms. The third-order valence-corrected chi connectivity index (χ3v) is 4.41. The van der Waals surface area contributed by atoms with Gasteiger partial charge >= 0.3 is 0 Å². The van der Waals surface area contributed by atoms with Crippen molar-refractivity contribution >= 4 is 23.7 Å². The SMILES string of the molecule is CCc1ccc(N2C[C@H](C(=O)NN=Cc3ccc(F)cc3)CC2=O)cc1. The Bertz CT molecular complexity index is 816. The van der Waals surface area contributed by atoms with Crippen molar-refractivity contribution in [3.63, 3.8) is 0 Å². The zero-order valence-electron chi connectivity index (χ0n) is 14.5. The average molecular weight is 353 g/mol. The quantitative estimate of drug-likeness (QED) is 0.664. The second-order valence-electron chi connectivity index (χ2n) is 6.21. The molecule has 1 fully saturated rings. The normalized spacial score (nSPS) is 17.1. The number of hydrazone groups is 1. The van der Waals surface area contributed by atoms with Crippen molar-refractivity contribution < 1.29 is 14.0 Å². The second kappa shape index (κ2) is 7.91. The molecule has 5 nitrogen and oxygen atoms in total. The summed E-state index contributed by atoms with van der Waals surface area (Å²) in [5.41, 5.74) is 5.13. The van der Waals surface area contributed by atoms with E-state index in [0.717, 1.165) is 12.1 Å². The van der Waals surface area contributed by atoms with Crippen molar-refractivity contribution in [2.75, 3.05) is 11.4 Å². The first-order chi connectivity index (χ1) is 12.6. The van der Waals surface area contributed by atoms with Crippen LogP contribution in [0.15, 0.2) is 53.6 Å². The number of carbonyl (C=O) groups is 2. The van der Waals surface area contributed by atoms with Gasteiger partial charge in [0.15, 0.2) is 0 Å². The molecule has 1 N–H and O–H groups in total. The molecule has 6 heteroatoms. The molecule has 2 aromatic carbocycles. The molecule has 2 aromatic rings. The van der Waals surface area contributed by atoms with Gasteiger partial charge in [0.05, 0.1) is 12.1 Å². The van der Waals surface area contributed by atoms with E-state index in [0.29, 0.717) is 12.1 Å². The number of aryl methyl sites for hydroxylation is 1. The van der Waals surface area contributed by atoms with Crippen LogP contribution in [0.3, 0.4) is 0 Å². The molecule has 3 rings (SSSR count). The Labute approximate surface area is 151 Å². The highest BCUT2D eigenvalue weighted by atomic mass is 19.1. The van der Waals surface area contributed by atoms with Crippen LogP contribution in [0, 0.1) is 11.7 Å². The van der Waals surface area contributed by atoms with Crippen LogP contribution in [0.1, 0.15) is 24.5 Å². The van der Waals surface area contributed by atoms with Crippen LogP contribution < -0.4 is 10.3 Å².